The van der Waals surface area contributed by atoms with Gasteiger partial charge in [-0.1, -0.05) is 18.2 Å². The number of hydrogen-bond acceptors (Lipinski definition) is 4. The van der Waals surface area contributed by atoms with E-state index >= 15 is 0 Å². The van der Waals surface area contributed by atoms with Gasteiger partial charge in [-0.05, 0) is 42.0 Å². The summed E-state index contributed by atoms with van der Waals surface area (Å²) in [5, 5.41) is 3.25. The van der Waals surface area contributed by atoms with Crippen LogP contribution in [0.15, 0.2) is 47.3 Å². The average Bonchev–Trinajstić information content (AvgIpc) is 2.62. The smallest absolute Gasteiger partial charge is 0.259 e. The third kappa shape index (κ3) is 4.39. The van der Waals surface area contributed by atoms with E-state index < -0.39 is 0 Å². The van der Waals surface area contributed by atoms with Crippen molar-refractivity contribution in [3.8, 4) is 0 Å². The summed E-state index contributed by atoms with van der Waals surface area (Å²) in [6, 6.07) is 11.4. The molecule has 3 N–H and O–H groups in total. The van der Waals surface area contributed by atoms with Crippen LogP contribution in [-0.2, 0) is 5.75 Å². The monoisotopic (exact) mass is 389 g/mol. The molecule has 0 spiro atoms. The quantitative estimate of drug-likeness (QED) is 0.446. The van der Waals surface area contributed by atoms with Crippen molar-refractivity contribution in [2.75, 3.05) is 12.3 Å². The molecule has 0 unspecified atom stereocenters. The molecule has 0 bridgehead atoms. The predicted octanol–water partition coefficient (Wildman–Crippen LogP) is 3.39. The second-order valence-electron chi connectivity index (χ2n) is 5.57. The van der Waals surface area contributed by atoms with Gasteiger partial charge in [0.05, 0.1) is 10.9 Å². The molecule has 0 aliphatic carbocycles. The van der Waals surface area contributed by atoms with Gasteiger partial charge in [0.25, 0.3) is 11.5 Å². The Labute approximate surface area is 158 Å². The van der Waals surface area contributed by atoms with Crippen molar-refractivity contribution in [3.63, 3.8) is 0 Å². The summed E-state index contributed by atoms with van der Waals surface area (Å²) in [5.41, 5.74) is 1.31. The number of aromatic amines is 2. The van der Waals surface area contributed by atoms with Gasteiger partial charge < -0.3 is 10.3 Å². The number of H-pyrrole nitrogens is 2. The summed E-state index contributed by atoms with van der Waals surface area (Å²) < 4.78 is 13.7. The molecule has 2 aromatic carbocycles. The molecule has 26 heavy (non-hydrogen) atoms. The van der Waals surface area contributed by atoms with Crippen LogP contribution in [0.2, 0.25) is 0 Å². The molecule has 0 fully saturated rings. The minimum absolute atomic E-state index is 0.213. The number of carbonyl (C=O) groups is 1. The maximum Gasteiger partial charge on any atom is 0.259 e. The molecule has 1 heterocycles. The summed E-state index contributed by atoms with van der Waals surface area (Å²) in [5.74, 6) is 0.763. The molecular formula is C18H16FN3O2S2. The molecule has 0 saturated carbocycles. The van der Waals surface area contributed by atoms with Crippen LogP contribution in [0.4, 0.5) is 4.39 Å². The van der Waals surface area contributed by atoms with Crippen LogP contribution >= 0.6 is 24.0 Å². The van der Waals surface area contributed by atoms with Crippen LogP contribution in [0, 0.1) is 10.6 Å². The third-order valence-electron chi connectivity index (χ3n) is 3.75. The molecule has 1 amide bonds. The molecule has 0 radical (unpaired) electrons. The third-order valence-corrected chi connectivity index (χ3v) is 4.96. The van der Waals surface area contributed by atoms with Crippen LogP contribution in [0.25, 0.3) is 10.9 Å². The normalized spacial score (nSPS) is 10.8. The first-order valence-corrected chi connectivity index (χ1v) is 9.46. The van der Waals surface area contributed by atoms with E-state index in [1.54, 1.807) is 48.2 Å². The first-order valence-electron chi connectivity index (χ1n) is 7.90. The Balaban J connectivity index is 1.55. The molecule has 3 aromatic rings. The number of halogens is 1. The van der Waals surface area contributed by atoms with Gasteiger partial charge in [-0.2, -0.15) is 11.8 Å². The van der Waals surface area contributed by atoms with E-state index in [0.29, 0.717) is 40.1 Å². The molecule has 5 nitrogen and oxygen atoms in total. The second kappa shape index (κ2) is 8.29. The van der Waals surface area contributed by atoms with Gasteiger partial charge in [0.15, 0.2) is 4.77 Å². The Kier molecular flexibility index (Phi) is 5.85. The lowest BCUT2D eigenvalue weighted by Crippen LogP contribution is -2.25. The highest BCUT2D eigenvalue weighted by atomic mass is 32.2. The van der Waals surface area contributed by atoms with Gasteiger partial charge in [0.2, 0.25) is 0 Å². The number of amides is 1. The molecule has 0 atom stereocenters. The van der Waals surface area contributed by atoms with Gasteiger partial charge in [-0.15, -0.1) is 0 Å². The minimum atomic E-state index is -0.291. The van der Waals surface area contributed by atoms with E-state index in [1.165, 1.54) is 6.07 Å². The van der Waals surface area contributed by atoms with E-state index in [-0.39, 0.29) is 22.1 Å². The minimum Gasteiger partial charge on any atom is -0.351 e. The van der Waals surface area contributed by atoms with E-state index in [1.807, 2.05) is 0 Å². The molecule has 8 heteroatoms. The second-order valence-corrected chi connectivity index (χ2v) is 7.08. The first kappa shape index (κ1) is 18.3. The maximum absolute atomic E-state index is 13.5. The Morgan fingerprint density at radius 3 is 2.81 bits per heavy atom. The highest BCUT2D eigenvalue weighted by Gasteiger charge is 2.08. The summed E-state index contributed by atoms with van der Waals surface area (Å²) in [7, 11) is 0. The number of fused-ring (bicyclic) bond motifs is 1. The highest BCUT2D eigenvalue weighted by molar-refractivity contribution is 7.98. The number of thioether (sulfide) groups is 1. The van der Waals surface area contributed by atoms with Gasteiger partial charge in [-0.25, -0.2) is 4.39 Å². The molecule has 134 valence electrons. The van der Waals surface area contributed by atoms with Crippen molar-refractivity contribution < 1.29 is 9.18 Å². The lowest BCUT2D eigenvalue weighted by molar-refractivity contribution is 0.0956. The maximum atomic E-state index is 13.5. The van der Waals surface area contributed by atoms with Crippen molar-refractivity contribution >= 4 is 40.8 Å². The van der Waals surface area contributed by atoms with Crippen molar-refractivity contribution in [2.24, 2.45) is 0 Å². The number of hydrogen-bond donors (Lipinski definition) is 3. The summed E-state index contributed by atoms with van der Waals surface area (Å²) in [6.07, 6.45) is 0. The lowest BCUT2D eigenvalue weighted by atomic mass is 10.1. The summed E-state index contributed by atoms with van der Waals surface area (Å²) >= 11 is 6.49. The zero-order valence-electron chi connectivity index (χ0n) is 13.7. The molecule has 0 aliphatic heterocycles. The van der Waals surface area contributed by atoms with Crippen molar-refractivity contribution in [1.29, 1.82) is 0 Å². The molecule has 0 aliphatic rings. The Hall–Kier alpha value is -2.45. The van der Waals surface area contributed by atoms with E-state index in [2.05, 4.69) is 15.3 Å². The molecular weight excluding hydrogens is 373 g/mol. The van der Waals surface area contributed by atoms with E-state index in [4.69, 9.17) is 12.2 Å². The lowest BCUT2D eigenvalue weighted by Gasteiger charge is -2.07. The van der Waals surface area contributed by atoms with Crippen LogP contribution in [0.1, 0.15) is 15.9 Å². The topological polar surface area (TPSA) is 77.8 Å². The fourth-order valence-corrected chi connectivity index (χ4v) is 3.49. The van der Waals surface area contributed by atoms with Crippen LogP contribution in [0.3, 0.4) is 0 Å². The highest BCUT2D eigenvalue weighted by Crippen LogP contribution is 2.15. The zero-order chi connectivity index (χ0) is 18.5. The number of carbonyl (C=O) groups excluding carboxylic acids is 1. The van der Waals surface area contributed by atoms with Crippen molar-refractivity contribution in [1.82, 2.24) is 15.3 Å². The summed E-state index contributed by atoms with van der Waals surface area (Å²) in [6.45, 7) is 0.460. The van der Waals surface area contributed by atoms with Crippen LogP contribution in [-0.4, -0.2) is 28.2 Å². The summed E-state index contributed by atoms with van der Waals surface area (Å²) in [4.78, 5) is 29.4. The number of nitrogens with one attached hydrogen (secondary N) is 3. The SMILES string of the molecule is O=C(NCCSCc1ccccc1F)c1ccc2c(=O)[nH]c(=S)[nH]c2c1. The predicted molar refractivity (Wildman–Crippen MR) is 105 cm³/mol. The molecule has 3 rings (SSSR count). The van der Waals surface area contributed by atoms with Crippen LogP contribution < -0.4 is 10.9 Å². The van der Waals surface area contributed by atoms with Gasteiger partial charge in [0.1, 0.15) is 5.82 Å². The Morgan fingerprint density at radius 1 is 1.19 bits per heavy atom. The first-order chi connectivity index (χ1) is 12.5. The standard InChI is InChI=1S/C18H16FN3O2S2/c19-14-4-2-1-3-12(14)10-26-8-7-20-16(23)11-5-6-13-15(9-11)21-18(25)22-17(13)24/h1-6,9H,7-8,10H2,(H,20,23)(H2,21,22,24,25). The Morgan fingerprint density at radius 2 is 2.00 bits per heavy atom. The number of benzene rings is 2. The number of rotatable bonds is 6. The Bertz CT molecular complexity index is 1060. The fraction of sp³-hybridized carbons (Fsp3) is 0.167. The number of aromatic nitrogens is 2. The van der Waals surface area contributed by atoms with Crippen molar-refractivity contribution in [3.05, 3.63) is 74.5 Å². The van der Waals surface area contributed by atoms with Crippen LogP contribution in [0.5, 0.6) is 0 Å². The van der Waals surface area contributed by atoms with E-state index in [0.717, 1.165) is 0 Å². The molecule has 0 saturated heterocycles. The zero-order valence-corrected chi connectivity index (χ0v) is 15.3. The molecule has 1 aromatic heterocycles. The van der Waals surface area contributed by atoms with E-state index in [9.17, 15) is 14.0 Å². The largest absolute Gasteiger partial charge is 0.351 e. The van der Waals surface area contributed by atoms with Crippen molar-refractivity contribution in [2.45, 2.75) is 5.75 Å². The van der Waals surface area contributed by atoms with Gasteiger partial charge in [0, 0.05) is 23.6 Å². The fourth-order valence-electron chi connectivity index (χ4n) is 2.45. The average molecular weight is 389 g/mol. The van der Waals surface area contributed by atoms with Gasteiger partial charge >= 0.3 is 0 Å². The van der Waals surface area contributed by atoms with Gasteiger partial charge in [-0.3, -0.25) is 14.6 Å².